The van der Waals surface area contributed by atoms with E-state index in [9.17, 15) is 9.59 Å². The minimum atomic E-state index is -0.853. The molecule has 1 N–H and O–H groups in total. The molecule has 0 aliphatic rings. The lowest BCUT2D eigenvalue weighted by molar-refractivity contribution is -0.137. The number of rotatable bonds is 9. The molecular weight excluding hydrogens is 302 g/mol. The number of nitrogens with zero attached hydrogens (tertiary/aromatic N) is 1. The molecule has 1 aromatic carbocycles. The van der Waals surface area contributed by atoms with E-state index in [1.54, 1.807) is 4.57 Å². The Kier molecular flexibility index (Phi) is 6.59. The Hall–Kier alpha value is -2.10. The van der Waals surface area contributed by atoms with Crippen molar-refractivity contribution in [3.63, 3.8) is 0 Å². The molecule has 0 spiro atoms. The summed E-state index contributed by atoms with van der Waals surface area (Å²) in [6.45, 7) is 4.46. The van der Waals surface area contributed by atoms with Crippen molar-refractivity contribution >= 4 is 22.8 Å². The summed E-state index contributed by atoms with van der Waals surface area (Å²) in [5.74, 6) is -0.154. The van der Waals surface area contributed by atoms with Crippen LogP contribution in [0.1, 0.15) is 62.9 Å². The molecule has 2 aromatic rings. The van der Waals surface area contributed by atoms with Crippen molar-refractivity contribution in [3.8, 4) is 0 Å². The zero-order valence-electron chi connectivity index (χ0n) is 14.6. The number of hydrogen-bond donors (Lipinski definition) is 1. The fourth-order valence-electron chi connectivity index (χ4n) is 3.03. The first-order valence-electron chi connectivity index (χ1n) is 8.87. The van der Waals surface area contributed by atoms with Crippen LogP contribution in [-0.2, 0) is 11.2 Å². The van der Waals surface area contributed by atoms with Crippen LogP contribution in [0.2, 0.25) is 0 Å². The maximum absolute atomic E-state index is 12.6. The number of aliphatic carboxylic acids is 1. The van der Waals surface area contributed by atoms with Gasteiger partial charge in [-0.2, -0.15) is 0 Å². The topological polar surface area (TPSA) is 59.3 Å². The lowest BCUT2D eigenvalue weighted by atomic mass is 10.0. The largest absolute Gasteiger partial charge is 0.481 e. The van der Waals surface area contributed by atoms with Gasteiger partial charge in [-0.25, -0.2) is 0 Å². The molecule has 4 nitrogen and oxygen atoms in total. The molecule has 0 saturated heterocycles. The second-order valence-corrected chi connectivity index (χ2v) is 6.58. The number of benzene rings is 1. The summed E-state index contributed by atoms with van der Waals surface area (Å²) in [7, 11) is 0. The van der Waals surface area contributed by atoms with Crippen LogP contribution in [0.25, 0.3) is 10.9 Å². The van der Waals surface area contributed by atoms with Crippen molar-refractivity contribution in [2.75, 3.05) is 0 Å². The number of carbonyl (C=O) groups excluding carboxylic acids is 1. The molecule has 2 rings (SSSR count). The van der Waals surface area contributed by atoms with Gasteiger partial charge in [0.1, 0.15) is 0 Å². The number of aromatic nitrogens is 1. The second kappa shape index (κ2) is 8.67. The van der Waals surface area contributed by atoms with Gasteiger partial charge >= 0.3 is 5.97 Å². The van der Waals surface area contributed by atoms with Gasteiger partial charge in [0.25, 0.3) is 0 Å². The van der Waals surface area contributed by atoms with Crippen molar-refractivity contribution in [2.45, 2.75) is 58.8 Å². The standard InChI is InChI=1S/C20H27NO3/c1-3-15(2)8-6-10-17-14-16-9-4-5-11-18(16)21(17)19(22)12-7-13-20(23)24/h4-5,9,11,14-15H,3,6-8,10,12-13H2,1-2H3,(H,23,24). The predicted octanol–water partition coefficient (Wildman–Crippen LogP) is 4.91. The summed E-state index contributed by atoms with van der Waals surface area (Å²) < 4.78 is 1.80. The summed E-state index contributed by atoms with van der Waals surface area (Å²) in [6, 6.07) is 10.00. The third kappa shape index (κ3) is 4.70. The molecule has 0 aliphatic heterocycles. The van der Waals surface area contributed by atoms with Crippen LogP contribution in [0.15, 0.2) is 30.3 Å². The first-order chi connectivity index (χ1) is 11.5. The number of aryl methyl sites for hydroxylation is 1. The lowest BCUT2D eigenvalue weighted by Gasteiger charge is -2.11. The van der Waals surface area contributed by atoms with Gasteiger partial charge in [-0.05, 0) is 37.3 Å². The Morgan fingerprint density at radius 3 is 2.62 bits per heavy atom. The maximum atomic E-state index is 12.6. The van der Waals surface area contributed by atoms with Crippen LogP contribution in [0, 0.1) is 5.92 Å². The van der Waals surface area contributed by atoms with Gasteiger partial charge in [0.05, 0.1) is 5.52 Å². The first-order valence-corrected chi connectivity index (χ1v) is 8.87. The molecule has 0 aliphatic carbocycles. The molecular formula is C20H27NO3. The average molecular weight is 329 g/mol. The van der Waals surface area contributed by atoms with Crippen molar-refractivity contribution in [3.05, 3.63) is 36.0 Å². The number of carboxylic acids is 1. The highest BCUT2D eigenvalue weighted by atomic mass is 16.4. The second-order valence-electron chi connectivity index (χ2n) is 6.58. The highest BCUT2D eigenvalue weighted by Crippen LogP contribution is 2.23. The van der Waals surface area contributed by atoms with Gasteiger partial charge in [-0.3, -0.25) is 14.2 Å². The van der Waals surface area contributed by atoms with E-state index in [0.29, 0.717) is 12.3 Å². The fraction of sp³-hybridized carbons (Fsp3) is 0.500. The van der Waals surface area contributed by atoms with Crippen LogP contribution in [0.3, 0.4) is 0 Å². The minimum Gasteiger partial charge on any atom is -0.481 e. The molecule has 1 heterocycles. The van der Waals surface area contributed by atoms with Crippen LogP contribution in [-0.4, -0.2) is 21.6 Å². The Morgan fingerprint density at radius 2 is 1.92 bits per heavy atom. The summed E-state index contributed by atoms with van der Waals surface area (Å²) in [6.07, 6.45) is 4.96. The zero-order chi connectivity index (χ0) is 17.5. The van der Waals surface area contributed by atoms with E-state index >= 15 is 0 Å². The smallest absolute Gasteiger partial charge is 0.303 e. The number of para-hydroxylation sites is 1. The lowest BCUT2D eigenvalue weighted by Crippen LogP contribution is -2.14. The maximum Gasteiger partial charge on any atom is 0.303 e. The molecule has 1 aromatic heterocycles. The van der Waals surface area contributed by atoms with Gasteiger partial charge in [0.2, 0.25) is 5.91 Å². The summed E-state index contributed by atoms with van der Waals surface area (Å²) in [5, 5.41) is 9.83. The molecule has 4 heteroatoms. The van der Waals surface area contributed by atoms with Crippen LogP contribution >= 0.6 is 0 Å². The predicted molar refractivity (Wildman–Crippen MR) is 96.4 cm³/mol. The minimum absolute atomic E-state index is 0.00371. The number of hydrogen-bond acceptors (Lipinski definition) is 2. The van der Waals surface area contributed by atoms with E-state index < -0.39 is 5.97 Å². The van der Waals surface area contributed by atoms with E-state index in [4.69, 9.17) is 5.11 Å². The van der Waals surface area contributed by atoms with Gasteiger partial charge < -0.3 is 5.11 Å². The molecule has 0 bridgehead atoms. The molecule has 0 saturated carbocycles. The Balaban J connectivity index is 2.16. The Labute approximate surface area is 143 Å². The quantitative estimate of drug-likeness (QED) is 0.711. The van der Waals surface area contributed by atoms with Gasteiger partial charge in [0.15, 0.2) is 0 Å². The fourth-order valence-corrected chi connectivity index (χ4v) is 3.03. The van der Waals surface area contributed by atoms with E-state index in [2.05, 4.69) is 19.9 Å². The Morgan fingerprint density at radius 1 is 1.17 bits per heavy atom. The van der Waals surface area contributed by atoms with E-state index in [-0.39, 0.29) is 18.7 Å². The van der Waals surface area contributed by atoms with Crippen molar-refractivity contribution < 1.29 is 14.7 Å². The number of carboxylic acid groups (broad SMARTS) is 1. The van der Waals surface area contributed by atoms with Crippen LogP contribution in [0.5, 0.6) is 0 Å². The van der Waals surface area contributed by atoms with E-state index in [1.807, 2.05) is 24.3 Å². The van der Waals surface area contributed by atoms with E-state index in [0.717, 1.165) is 35.9 Å². The summed E-state index contributed by atoms with van der Waals surface area (Å²) in [5.41, 5.74) is 1.97. The molecule has 24 heavy (non-hydrogen) atoms. The molecule has 0 radical (unpaired) electrons. The third-order valence-electron chi connectivity index (χ3n) is 4.64. The third-order valence-corrected chi connectivity index (χ3v) is 4.64. The van der Waals surface area contributed by atoms with Crippen molar-refractivity contribution in [1.82, 2.24) is 4.57 Å². The Bertz CT molecular complexity index is 702. The zero-order valence-corrected chi connectivity index (χ0v) is 14.6. The molecule has 0 fully saturated rings. The summed E-state index contributed by atoms with van der Waals surface area (Å²) in [4.78, 5) is 23.3. The highest BCUT2D eigenvalue weighted by Gasteiger charge is 2.15. The van der Waals surface area contributed by atoms with Crippen LogP contribution in [0.4, 0.5) is 0 Å². The SMILES string of the molecule is CCC(C)CCCc1cc2ccccc2n1C(=O)CCCC(=O)O. The molecule has 0 amide bonds. The van der Waals surface area contributed by atoms with Crippen LogP contribution < -0.4 is 0 Å². The van der Waals surface area contributed by atoms with Gasteiger partial charge in [0, 0.05) is 23.9 Å². The van der Waals surface area contributed by atoms with Gasteiger partial charge in [-0.1, -0.05) is 44.9 Å². The molecule has 1 atom stereocenters. The van der Waals surface area contributed by atoms with Crippen molar-refractivity contribution in [1.29, 1.82) is 0 Å². The highest BCUT2D eigenvalue weighted by molar-refractivity contribution is 5.93. The van der Waals surface area contributed by atoms with E-state index in [1.165, 1.54) is 6.42 Å². The van der Waals surface area contributed by atoms with Gasteiger partial charge in [-0.15, -0.1) is 0 Å². The summed E-state index contributed by atoms with van der Waals surface area (Å²) >= 11 is 0. The first kappa shape index (κ1) is 18.2. The number of carbonyl (C=O) groups is 2. The number of fused-ring (bicyclic) bond motifs is 1. The molecule has 1 unspecified atom stereocenters. The normalized spacial score (nSPS) is 12.4. The monoisotopic (exact) mass is 329 g/mol. The van der Waals surface area contributed by atoms with Crippen molar-refractivity contribution in [2.24, 2.45) is 5.92 Å². The molecule has 130 valence electrons. The average Bonchev–Trinajstić information content (AvgIpc) is 2.92.